The van der Waals surface area contributed by atoms with Crippen molar-refractivity contribution in [2.24, 2.45) is 5.41 Å². The van der Waals surface area contributed by atoms with Gasteiger partial charge in [0.05, 0.1) is 18.9 Å². The van der Waals surface area contributed by atoms with Crippen LogP contribution in [0.1, 0.15) is 19.4 Å². The van der Waals surface area contributed by atoms with Crippen LogP contribution in [0.15, 0.2) is 24.3 Å². The molecule has 0 saturated carbocycles. The Kier molecular flexibility index (Phi) is 2.31. The van der Waals surface area contributed by atoms with Crippen LogP contribution in [0.5, 0.6) is 0 Å². The van der Waals surface area contributed by atoms with Crippen molar-refractivity contribution in [2.45, 2.75) is 19.6 Å². The maximum Gasteiger partial charge on any atom is 0.292 e. The van der Waals surface area contributed by atoms with Gasteiger partial charge in [0.2, 0.25) is 0 Å². The Morgan fingerprint density at radius 2 is 1.78 bits per heavy atom. The van der Waals surface area contributed by atoms with Gasteiger partial charge in [0.25, 0.3) is 11.7 Å². The topological polar surface area (TPSA) is 38.8 Å². The Balaban J connectivity index is 2.06. The van der Waals surface area contributed by atoms with Gasteiger partial charge in [0.15, 0.2) is 0 Å². The highest BCUT2D eigenvalue weighted by Gasteiger charge is 2.55. The monoisotopic (exact) mass is 247 g/mol. The second-order valence-electron chi connectivity index (χ2n) is 5.74. The quantitative estimate of drug-likeness (QED) is 0.702. The van der Waals surface area contributed by atoms with Gasteiger partial charge in [-0.3, -0.25) is 4.79 Å². The molecule has 2 aliphatic heterocycles. The van der Waals surface area contributed by atoms with Crippen molar-refractivity contribution in [1.82, 2.24) is 0 Å². The molecule has 4 heteroatoms. The highest BCUT2D eigenvalue weighted by atomic mass is 16.7. The zero-order valence-corrected chi connectivity index (χ0v) is 10.9. The first kappa shape index (κ1) is 11.7. The maximum absolute atomic E-state index is 12.4. The average molecular weight is 247 g/mol. The standard InChI is InChI=1S/C14H17NO3/c1-13(2)8-17-14(18-9-13)10-6-4-5-7-11(10)15(3)12(14)16/h4-7H,8-9H2,1-3H3. The minimum Gasteiger partial charge on any atom is -0.338 e. The summed E-state index contributed by atoms with van der Waals surface area (Å²) in [6, 6.07) is 7.62. The Bertz CT molecular complexity index is 500. The number of nitrogens with zero attached hydrogens (tertiary/aromatic N) is 1. The van der Waals surface area contributed by atoms with Crippen LogP contribution in [0.3, 0.4) is 0 Å². The number of likely N-dealkylation sites (N-methyl/N-ethyl adjacent to an activating group) is 1. The summed E-state index contributed by atoms with van der Waals surface area (Å²) in [5, 5.41) is 0. The lowest BCUT2D eigenvalue weighted by molar-refractivity contribution is -0.286. The first-order valence-corrected chi connectivity index (χ1v) is 6.12. The molecule has 0 radical (unpaired) electrons. The Labute approximate surface area is 106 Å². The number of carbonyl (C=O) groups excluding carboxylic acids is 1. The van der Waals surface area contributed by atoms with E-state index in [0.29, 0.717) is 13.2 Å². The number of amides is 1. The van der Waals surface area contributed by atoms with Gasteiger partial charge in [-0.1, -0.05) is 32.0 Å². The van der Waals surface area contributed by atoms with Crippen LogP contribution in [0, 0.1) is 5.41 Å². The number of hydrogen-bond donors (Lipinski definition) is 0. The zero-order chi connectivity index (χ0) is 13.0. The van der Waals surface area contributed by atoms with E-state index in [0.717, 1.165) is 11.3 Å². The largest absolute Gasteiger partial charge is 0.338 e. The minimum atomic E-state index is -1.22. The second kappa shape index (κ2) is 3.56. The van der Waals surface area contributed by atoms with Crippen molar-refractivity contribution in [3.63, 3.8) is 0 Å². The van der Waals surface area contributed by atoms with Crippen LogP contribution >= 0.6 is 0 Å². The fraction of sp³-hybridized carbons (Fsp3) is 0.500. The summed E-state index contributed by atoms with van der Waals surface area (Å²) < 4.78 is 11.7. The third-order valence-electron chi connectivity index (χ3n) is 3.54. The number of carbonyl (C=O) groups is 1. The molecule has 1 aromatic carbocycles. The van der Waals surface area contributed by atoms with Crippen LogP contribution in [-0.2, 0) is 20.1 Å². The summed E-state index contributed by atoms with van der Waals surface area (Å²) >= 11 is 0. The molecule has 3 rings (SSSR count). The van der Waals surface area contributed by atoms with Crippen LogP contribution in [0.2, 0.25) is 0 Å². The van der Waals surface area contributed by atoms with Crippen LogP contribution < -0.4 is 4.90 Å². The summed E-state index contributed by atoms with van der Waals surface area (Å²) in [5.74, 6) is -1.36. The predicted octanol–water partition coefficient (Wildman–Crippen LogP) is 1.89. The SMILES string of the molecule is CN1C(=O)C2(OCC(C)(C)CO2)c2ccccc21. The van der Waals surface area contributed by atoms with Gasteiger partial charge in [-0.05, 0) is 6.07 Å². The Morgan fingerprint density at radius 3 is 2.44 bits per heavy atom. The number of fused-ring (bicyclic) bond motifs is 2. The fourth-order valence-electron chi connectivity index (χ4n) is 2.45. The molecule has 0 unspecified atom stereocenters. The lowest BCUT2D eigenvalue weighted by atomic mass is 9.93. The number of ether oxygens (including phenoxy) is 2. The molecule has 0 bridgehead atoms. The van der Waals surface area contributed by atoms with Gasteiger partial charge >= 0.3 is 0 Å². The summed E-state index contributed by atoms with van der Waals surface area (Å²) in [5.41, 5.74) is 1.62. The molecule has 18 heavy (non-hydrogen) atoms. The molecule has 1 fully saturated rings. The van der Waals surface area contributed by atoms with Gasteiger partial charge in [-0.15, -0.1) is 0 Å². The Hall–Kier alpha value is -1.39. The fourth-order valence-corrected chi connectivity index (χ4v) is 2.45. The molecular formula is C14H17NO3. The number of para-hydroxylation sites is 1. The van der Waals surface area contributed by atoms with E-state index in [-0.39, 0.29) is 11.3 Å². The molecule has 0 aromatic heterocycles. The molecule has 0 N–H and O–H groups in total. The van der Waals surface area contributed by atoms with Crippen LogP contribution in [0.25, 0.3) is 0 Å². The molecule has 2 heterocycles. The highest BCUT2D eigenvalue weighted by Crippen LogP contribution is 2.46. The molecule has 0 aliphatic carbocycles. The molecule has 0 atom stereocenters. The van der Waals surface area contributed by atoms with Crippen molar-refractivity contribution >= 4 is 11.6 Å². The summed E-state index contributed by atoms with van der Waals surface area (Å²) in [7, 11) is 1.75. The van der Waals surface area contributed by atoms with E-state index in [1.165, 1.54) is 0 Å². The molecule has 1 amide bonds. The first-order valence-electron chi connectivity index (χ1n) is 6.12. The van der Waals surface area contributed by atoms with Crippen LogP contribution in [0.4, 0.5) is 5.69 Å². The zero-order valence-electron chi connectivity index (χ0n) is 10.9. The van der Waals surface area contributed by atoms with Gasteiger partial charge in [0, 0.05) is 18.0 Å². The van der Waals surface area contributed by atoms with Gasteiger partial charge in [-0.25, -0.2) is 0 Å². The second-order valence-corrected chi connectivity index (χ2v) is 5.74. The lowest BCUT2D eigenvalue weighted by Gasteiger charge is -2.40. The summed E-state index contributed by atoms with van der Waals surface area (Å²) in [4.78, 5) is 14.0. The van der Waals surface area contributed by atoms with Gasteiger partial charge < -0.3 is 14.4 Å². The predicted molar refractivity (Wildman–Crippen MR) is 67.2 cm³/mol. The van der Waals surface area contributed by atoms with Crippen molar-refractivity contribution in [3.8, 4) is 0 Å². The van der Waals surface area contributed by atoms with Gasteiger partial charge in [-0.2, -0.15) is 0 Å². The molecule has 2 aliphatic rings. The van der Waals surface area contributed by atoms with Crippen molar-refractivity contribution in [3.05, 3.63) is 29.8 Å². The highest BCUT2D eigenvalue weighted by molar-refractivity contribution is 6.05. The maximum atomic E-state index is 12.4. The third-order valence-corrected chi connectivity index (χ3v) is 3.54. The van der Waals surface area contributed by atoms with E-state index in [1.807, 2.05) is 24.3 Å². The molecule has 96 valence electrons. The molecule has 1 aromatic rings. The third kappa shape index (κ3) is 1.42. The average Bonchev–Trinajstić information content (AvgIpc) is 2.57. The smallest absolute Gasteiger partial charge is 0.292 e. The van der Waals surface area contributed by atoms with E-state index in [9.17, 15) is 4.79 Å². The number of anilines is 1. The summed E-state index contributed by atoms with van der Waals surface area (Å²) in [6.45, 7) is 5.16. The van der Waals surface area contributed by atoms with E-state index >= 15 is 0 Å². The van der Waals surface area contributed by atoms with E-state index in [4.69, 9.17) is 9.47 Å². The lowest BCUT2D eigenvalue weighted by Crippen LogP contribution is -2.51. The number of hydrogen-bond acceptors (Lipinski definition) is 3. The van der Waals surface area contributed by atoms with Crippen molar-refractivity contribution in [1.29, 1.82) is 0 Å². The first-order chi connectivity index (χ1) is 8.46. The number of rotatable bonds is 0. The van der Waals surface area contributed by atoms with Crippen LogP contribution in [-0.4, -0.2) is 26.2 Å². The van der Waals surface area contributed by atoms with E-state index < -0.39 is 5.79 Å². The number of benzene rings is 1. The normalized spacial score (nSPS) is 24.4. The van der Waals surface area contributed by atoms with Crippen molar-refractivity contribution < 1.29 is 14.3 Å². The minimum absolute atomic E-state index is 0.0539. The molecular weight excluding hydrogens is 230 g/mol. The van der Waals surface area contributed by atoms with E-state index in [2.05, 4.69) is 13.8 Å². The van der Waals surface area contributed by atoms with E-state index in [1.54, 1.807) is 11.9 Å². The van der Waals surface area contributed by atoms with Gasteiger partial charge in [0.1, 0.15) is 0 Å². The van der Waals surface area contributed by atoms with Crippen molar-refractivity contribution in [2.75, 3.05) is 25.2 Å². The molecule has 1 saturated heterocycles. The Morgan fingerprint density at radius 1 is 1.17 bits per heavy atom. The summed E-state index contributed by atoms with van der Waals surface area (Å²) in [6.07, 6.45) is 0. The molecule has 1 spiro atoms. The molecule has 4 nitrogen and oxygen atoms in total.